The van der Waals surface area contributed by atoms with Gasteiger partial charge in [-0.2, -0.15) is 0 Å². The summed E-state index contributed by atoms with van der Waals surface area (Å²) in [5.41, 5.74) is 0.982. The molecule has 4 aromatic rings. The monoisotopic (exact) mass is 505 g/mol. The number of nitrogens with zero attached hydrogens (tertiary/aromatic N) is 1. The van der Waals surface area contributed by atoms with Crippen LogP contribution in [0.5, 0.6) is 23.0 Å². The molecule has 0 aliphatic heterocycles. The van der Waals surface area contributed by atoms with Crippen molar-refractivity contribution in [3.8, 4) is 34.1 Å². The van der Waals surface area contributed by atoms with E-state index in [9.17, 15) is 8.78 Å². The fraction of sp³-hybridized carbons (Fsp3) is 0.290. The van der Waals surface area contributed by atoms with E-state index in [0.29, 0.717) is 35.0 Å². The summed E-state index contributed by atoms with van der Waals surface area (Å²) in [5, 5.41) is 1.69. The molecule has 0 radical (unpaired) electrons. The van der Waals surface area contributed by atoms with E-state index < -0.39 is 11.6 Å². The molecule has 0 saturated heterocycles. The number of rotatable bonds is 12. The van der Waals surface area contributed by atoms with Gasteiger partial charge in [0.05, 0.1) is 7.11 Å². The summed E-state index contributed by atoms with van der Waals surface area (Å²) >= 11 is 0. The number of benzene rings is 4. The van der Waals surface area contributed by atoms with Gasteiger partial charge in [-0.25, -0.2) is 8.78 Å². The van der Waals surface area contributed by atoms with E-state index in [2.05, 4.69) is 18.9 Å². The number of hydrogen-bond acceptors (Lipinski definition) is 4. The van der Waals surface area contributed by atoms with Gasteiger partial charge in [0.1, 0.15) is 41.2 Å². The fourth-order valence-corrected chi connectivity index (χ4v) is 4.24. The van der Waals surface area contributed by atoms with Gasteiger partial charge in [0.15, 0.2) is 0 Å². The number of fused-ring (bicyclic) bond motifs is 1. The minimum atomic E-state index is -0.645. The third kappa shape index (κ3) is 6.98. The zero-order valence-corrected chi connectivity index (χ0v) is 21.6. The maximum Gasteiger partial charge on any atom is 0.143 e. The van der Waals surface area contributed by atoms with Crippen LogP contribution < -0.4 is 14.2 Å². The molecule has 4 nitrogen and oxygen atoms in total. The number of ether oxygens (including phenoxy) is 3. The molecule has 0 aromatic heterocycles. The van der Waals surface area contributed by atoms with Gasteiger partial charge < -0.3 is 19.1 Å². The summed E-state index contributed by atoms with van der Waals surface area (Å²) < 4.78 is 45.7. The lowest BCUT2D eigenvalue weighted by Gasteiger charge is -2.17. The maximum atomic E-state index is 14.0. The van der Waals surface area contributed by atoms with Gasteiger partial charge >= 0.3 is 0 Å². The highest BCUT2D eigenvalue weighted by Gasteiger charge is 2.15. The molecule has 0 atom stereocenters. The molecule has 4 aromatic carbocycles. The molecule has 0 amide bonds. The second-order valence-electron chi connectivity index (χ2n) is 9.12. The zero-order chi connectivity index (χ0) is 26.2. The Hall–Kier alpha value is -3.64. The predicted octanol–water partition coefficient (Wildman–Crippen LogP) is 8.09. The highest BCUT2D eigenvalue weighted by Crippen LogP contribution is 2.41. The number of methoxy groups -OCH3 is 1. The Morgan fingerprint density at radius 1 is 0.757 bits per heavy atom. The lowest BCUT2D eigenvalue weighted by Crippen LogP contribution is -2.25. The van der Waals surface area contributed by atoms with Gasteiger partial charge in [-0.15, -0.1) is 0 Å². The van der Waals surface area contributed by atoms with Crippen LogP contribution in [0.15, 0.2) is 72.8 Å². The Morgan fingerprint density at radius 3 is 2.16 bits per heavy atom. The summed E-state index contributed by atoms with van der Waals surface area (Å²) in [4.78, 5) is 2.28. The van der Waals surface area contributed by atoms with Crippen molar-refractivity contribution in [2.45, 2.75) is 26.2 Å². The van der Waals surface area contributed by atoms with Crippen molar-refractivity contribution >= 4 is 10.8 Å². The number of likely N-dealkylation sites (N-methyl/N-ethyl adjacent to an activating group) is 1. The van der Waals surface area contributed by atoms with Crippen molar-refractivity contribution < 1.29 is 23.0 Å². The molecule has 0 aliphatic rings. The number of hydrogen-bond donors (Lipinski definition) is 0. The van der Waals surface area contributed by atoms with E-state index in [0.717, 1.165) is 35.7 Å². The Kier molecular flexibility index (Phi) is 8.96. The van der Waals surface area contributed by atoms with Crippen LogP contribution in [0.25, 0.3) is 21.9 Å². The summed E-state index contributed by atoms with van der Waals surface area (Å²) in [6.07, 6.45) is 3.66. The largest absolute Gasteiger partial charge is 0.497 e. The van der Waals surface area contributed by atoms with Crippen LogP contribution in [0.2, 0.25) is 0 Å². The van der Waals surface area contributed by atoms with Gasteiger partial charge in [-0.3, -0.25) is 0 Å². The maximum absolute atomic E-state index is 14.0. The van der Waals surface area contributed by atoms with E-state index in [1.165, 1.54) is 31.4 Å². The zero-order valence-electron chi connectivity index (χ0n) is 21.6. The van der Waals surface area contributed by atoms with Crippen molar-refractivity contribution in [3.63, 3.8) is 0 Å². The van der Waals surface area contributed by atoms with Crippen LogP contribution in [0.3, 0.4) is 0 Å². The SMILES string of the molecule is CCCCCN(C)CCOc1ccc(Oc2c(-c3cc(F)cc(F)c3)ccc3cc(OC)ccc23)cc1. The fourth-order valence-electron chi connectivity index (χ4n) is 4.24. The second kappa shape index (κ2) is 12.5. The first-order valence-corrected chi connectivity index (χ1v) is 12.6. The highest BCUT2D eigenvalue weighted by atomic mass is 19.1. The molecule has 0 N–H and O–H groups in total. The topological polar surface area (TPSA) is 30.9 Å². The number of halogens is 2. The Morgan fingerprint density at radius 2 is 1.46 bits per heavy atom. The summed E-state index contributed by atoms with van der Waals surface area (Å²) in [5.74, 6) is 1.27. The summed E-state index contributed by atoms with van der Waals surface area (Å²) in [6.45, 7) is 4.73. The predicted molar refractivity (Wildman–Crippen MR) is 145 cm³/mol. The number of unbranched alkanes of at least 4 members (excludes halogenated alkanes) is 2. The lowest BCUT2D eigenvalue weighted by molar-refractivity contribution is 0.234. The minimum Gasteiger partial charge on any atom is -0.497 e. The van der Waals surface area contributed by atoms with Gasteiger partial charge in [-0.1, -0.05) is 25.8 Å². The van der Waals surface area contributed by atoms with Gasteiger partial charge in [-0.05, 0) is 91.6 Å². The Balaban J connectivity index is 1.55. The molecule has 0 heterocycles. The highest BCUT2D eigenvalue weighted by molar-refractivity contribution is 5.96. The molecule has 0 bridgehead atoms. The molecule has 0 unspecified atom stereocenters. The first-order valence-electron chi connectivity index (χ1n) is 12.6. The van der Waals surface area contributed by atoms with E-state index in [1.807, 2.05) is 48.5 Å². The van der Waals surface area contributed by atoms with Crippen LogP contribution in [-0.4, -0.2) is 38.8 Å². The van der Waals surface area contributed by atoms with E-state index in [1.54, 1.807) is 13.2 Å². The summed E-state index contributed by atoms with van der Waals surface area (Å²) in [7, 11) is 3.72. The van der Waals surface area contributed by atoms with Crippen molar-refractivity contribution in [2.75, 3.05) is 33.9 Å². The molecule has 0 saturated carbocycles. The van der Waals surface area contributed by atoms with E-state index >= 15 is 0 Å². The van der Waals surface area contributed by atoms with E-state index in [4.69, 9.17) is 14.2 Å². The van der Waals surface area contributed by atoms with Gasteiger partial charge in [0.25, 0.3) is 0 Å². The standard InChI is InChI=1S/C31H33F2NO3/c1-4-5-6-15-34(2)16-17-36-26-8-10-27(11-9-26)37-31-29-14-12-28(35-3)20-22(29)7-13-30(31)23-18-24(32)21-25(33)19-23/h7-14,18-21H,4-6,15-17H2,1-3H3. The molecular weight excluding hydrogens is 472 g/mol. The lowest BCUT2D eigenvalue weighted by atomic mass is 9.99. The molecule has 0 fully saturated rings. The smallest absolute Gasteiger partial charge is 0.143 e. The van der Waals surface area contributed by atoms with Crippen molar-refractivity contribution in [1.29, 1.82) is 0 Å². The third-order valence-corrected chi connectivity index (χ3v) is 6.28. The van der Waals surface area contributed by atoms with Crippen LogP contribution >= 0.6 is 0 Å². The molecule has 0 aliphatic carbocycles. The van der Waals surface area contributed by atoms with Crippen molar-refractivity contribution in [1.82, 2.24) is 4.90 Å². The van der Waals surface area contributed by atoms with Gasteiger partial charge in [0, 0.05) is 23.6 Å². The Labute approximate surface area is 217 Å². The molecule has 194 valence electrons. The van der Waals surface area contributed by atoms with E-state index in [-0.39, 0.29) is 0 Å². The first-order chi connectivity index (χ1) is 18.0. The quantitative estimate of drug-likeness (QED) is 0.182. The normalized spacial score (nSPS) is 11.2. The molecule has 6 heteroatoms. The second-order valence-corrected chi connectivity index (χ2v) is 9.12. The third-order valence-electron chi connectivity index (χ3n) is 6.28. The molecule has 37 heavy (non-hydrogen) atoms. The average molecular weight is 506 g/mol. The molecular formula is C31H33F2NO3. The van der Waals surface area contributed by atoms with Crippen LogP contribution in [0, 0.1) is 11.6 Å². The molecule has 0 spiro atoms. The minimum absolute atomic E-state index is 0.397. The van der Waals surface area contributed by atoms with Crippen molar-refractivity contribution in [3.05, 3.63) is 84.4 Å². The molecule has 4 rings (SSSR count). The first kappa shape index (κ1) is 26.4. The summed E-state index contributed by atoms with van der Waals surface area (Å²) in [6, 6.07) is 20.2. The average Bonchev–Trinajstić information content (AvgIpc) is 2.89. The Bertz CT molecular complexity index is 1300. The van der Waals surface area contributed by atoms with Crippen LogP contribution in [0.1, 0.15) is 26.2 Å². The van der Waals surface area contributed by atoms with Gasteiger partial charge in [0.2, 0.25) is 0 Å². The van der Waals surface area contributed by atoms with Crippen molar-refractivity contribution in [2.24, 2.45) is 0 Å². The van der Waals surface area contributed by atoms with Crippen LogP contribution in [-0.2, 0) is 0 Å². The van der Waals surface area contributed by atoms with Crippen LogP contribution in [0.4, 0.5) is 8.78 Å².